The fourth-order valence-corrected chi connectivity index (χ4v) is 1.69. The lowest BCUT2D eigenvalue weighted by atomic mass is 10.2. The van der Waals surface area contributed by atoms with Gasteiger partial charge in [-0.15, -0.1) is 0 Å². The van der Waals surface area contributed by atoms with Gasteiger partial charge in [0.15, 0.2) is 0 Å². The monoisotopic (exact) mass is 273 g/mol. The number of nitrogens with zero attached hydrogens (tertiary/aromatic N) is 1. The molecule has 0 aliphatic carbocycles. The topological polar surface area (TPSA) is 86.5 Å². The highest BCUT2D eigenvalue weighted by atomic mass is 16.5. The van der Waals surface area contributed by atoms with Crippen molar-refractivity contribution in [3.63, 3.8) is 0 Å². The predicted octanol–water partition coefficient (Wildman–Crippen LogP) is 1.93. The Morgan fingerprint density at radius 2 is 1.85 bits per heavy atom. The quantitative estimate of drug-likeness (QED) is 0.889. The number of rotatable bonds is 4. The highest BCUT2D eigenvalue weighted by molar-refractivity contribution is 6.07. The molecule has 0 radical (unpaired) electrons. The number of benzene rings is 1. The molecule has 0 spiro atoms. The summed E-state index contributed by atoms with van der Waals surface area (Å²) in [7, 11) is 3.09. The molecule has 0 saturated carbocycles. The number of nitrogens with one attached hydrogen (secondary N) is 1. The van der Waals surface area contributed by atoms with Crippen molar-refractivity contribution in [3.05, 3.63) is 42.2 Å². The summed E-state index contributed by atoms with van der Waals surface area (Å²) in [6.45, 7) is 0. The molecule has 1 amide bonds. The fraction of sp³-hybridized carbons (Fsp3) is 0.143. The Morgan fingerprint density at radius 1 is 1.20 bits per heavy atom. The maximum Gasteiger partial charge on any atom is 0.257 e. The molecule has 0 bridgehead atoms. The Kier molecular flexibility index (Phi) is 4.05. The molecule has 0 aliphatic rings. The number of amides is 1. The SMILES string of the molecule is COc1cc(NC(=O)c2ccncc2N)cc(OC)c1. The molecule has 2 rings (SSSR count). The van der Waals surface area contributed by atoms with Gasteiger partial charge in [-0.25, -0.2) is 0 Å². The third-order valence-corrected chi connectivity index (χ3v) is 2.71. The zero-order chi connectivity index (χ0) is 14.5. The van der Waals surface area contributed by atoms with Gasteiger partial charge in [0.2, 0.25) is 0 Å². The van der Waals surface area contributed by atoms with Gasteiger partial charge in [0.05, 0.1) is 31.7 Å². The van der Waals surface area contributed by atoms with E-state index in [1.54, 1.807) is 38.5 Å². The van der Waals surface area contributed by atoms with E-state index in [0.717, 1.165) is 0 Å². The zero-order valence-corrected chi connectivity index (χ0v) is 11.2. The molecule has 0 aliphatic heterocycles. The first-order valence-corrected chi connectivity index (χ1v) is 5.88. The second-order valence-electron chi connectivity index (χ2n) is 4.02. The Hall–Kier alpha value is -2.76. The number of pyridine rings is 1. The van der Waals surface area contributed by atoms with Gasteiger partial charge in [-0.3, -0.25) is 9.78 Å². The van der Waals surface area contributed by atoms with Crippen LogP contribution in [0.2, 0.25) is 0 Å². The van der Waals surface area contributed by atoms with Crippen molar-refractivity contribution < 1.29 is 14.3 Å². The van der Waals surface area contributed by atoms with Crippen LogP contribution in [0.25, 0.3) is 0 Å². The first-order chi connectivity index (χ1) is 9.63. The van der Waals surface area contributed by atoms with Crippen LogP contribution in [0.4, 0.5) is 11.4 Å². The smallest absolute Gasteiger partial charge is 0.257 e. The van der Waals surface area contributed by atoms with E-state index in [1.807, 2.05) is 0 Å². The van der Waals surface area contributed by atoms with E-state index < -0.39 is 0 Å². The highest BCUT2D eigenvalue weighted by Crippen LogP contribution is 2.26. The number of hydrogen-bond donors (Lipinski definition) is 2. The lowest BCUT2D eigenvalue weighted by Crippen LogP contribution is -2.14. The molecule has 3 N–H and O–H groups in total. The number of carbonyl (C=O) groups is 1. The lowest BCUT2D eigenvalue weighted by molar-refractivity contribution is 0.102. The van der Waals surface area contributed by atoms with E-state index >= 15 is 0 Å². The molecule has 0 fully saturated rings. The number of hydrogen-bond acceptors (Lipinski definition) is 5. The summed E-state index contributed by atoms with van der Waals surface area (Å²) in [6, 6.07) is 6.66. The molecule has 20 heavy (non-hydrogen) atoms. The van der Waals surface area contributed by atoms with Gasteiger partial charge in [0, 0.05) is 30.1 Å². The Morgan fingerprint density at radius 3 is 2.40 bits per heavy atom. The largest absolute Gasteiger partial charge is 0.497 e. The van der Waals surface area contributed by atoms with Gasteiger partial charge in [-0.05, 0) is 6.07 Å². The number of methoxy groups -OCH3 is 2. The summed E-state index contributed by atoms with van der Waals surface area (Å²) < 4.78 is 10.3. The van der Waals surface area contributed by atoms with Gasteiger partial charge in [0.25, 0.3) is 5.91 Å². The maximum absolute atomic E-state index is 12.1. The molecule has 0 atom stereocenters. The summed E-state index contributed by atoms with van der Waals surface area (Å²) >= 11 is 0. The van der Waals surface area contributed by atoms with Crippen molar-refractivity contribution in [1.82, 2.24) is 4.98 Å². The molecule has 2 aromatic rings. The van der Waals surface area contributed by atoms with Gasteiger partial charge in [-0.1, -0.05) is 0 Å². The van der Waals surface area contributed by atoms with E-state index in [0.29, 0.717) is 28.4 Å². The summed E-state index contributed by atoms with van der Waals surface area (Å²) in [4.78, 5) is 16.0. The number of nitrogen functional groups attached to an aromatic ring is 1. The average molecular weight is 273 g/mol. The Balaban J connectivity index is 2.26. The molecule has 6 nitrogen and oxygen atoms in total. The van der Waals surface area contributed by atoms with Crippen LogP contribution in [-0.2, 0) is 0 Å². The van der Waals surface area contributed by atoms with Crippen molar-refractivity contribution in [1.29, 1.82) is 0 Å². The van der Waals surface area contributed by atoms with Crippen molar-refractivity contribution in [2.24, 2.45) is 0 Å². The van der Waals surface area contributed by atoms with Crippen molar-refractivity contribution in [2.45, 2.75) is 0 Å². The first kappa shape index (κ1) is 13.7. The molecular weight excluding hydrogens is 258 g/mol. The minimum Gasteiger partial charge on any atom is -0.497 e. The Bertz CT molecular complexity index is 607. The summed E-state index contributed by atoms with van der Waals surface area (Å²) in [5.74, 6) is 0.852. The number of nitrogens with two attached hydrogens (primary N) is 1. The number of anilines is 2. The minimum absolute atomic E-state index is 0.319. The number of ether oxygens (including phenoxy) is 2. The third kappa shape index (κ3) is 2.97. The summed E-state index contributed by atoms with van der Waals surface area (Å²) in [5.41, 5.74) is 6.95. The van der Waals surface area contributed by atoms with Crippen LogP contribution in [-0.4, -0.2) is 25.1 Å². The second-order valence-corrected chi connectivity index (χ2v) is 4.02. The molecule has 0 saturated heterocycles. The van der Waals surface area contributed by atoms with Crippen LogP contribution >= 0.6 is 0 Å². The second kappa shape index (κ2) is 5.92. The van der Waals surface area contributed by atoms with E-state index in [2.05, 4.69) is 10.3 Å². The molecular formula is C14H15N3O3. The highest BCUT2D eigenvalue weighted by Gasteiger charge is 2.11. The van der Waals surface area contributed by atoms with E-state index in [9.17, 15) is 4.79 Å². The summed E-state index contributed by atoms with van der Waals surface area (Å²) in [6.07, 6.45) is 2.94. The predicted molar refractivity (Wildman–Crippen MR) is 76.1 cm³/mol. The summed E-state index contributed by atoms with van der Waals surface area (Å²) in [5, 5.41) is 2.74. The van der Waals surface area contributed by atoms with Crippen molar-refractivity contribution in [3.8, 4) is 11.5 Å². The van der Waals surface area contributed by atoms with Crippen LogP contribution in [0.1, 0.15) is 10.4 Å². The van der Waals surface area contributed by atoms with Crippen LogP contribution in [0, 0.1) is 0 Å². The van der Waals surface area contributed by atoms with Crippen LogP contribution < -0.4 is 20.5 Å². The van der Waals surface area contributed by atoms with E-state index in [4.69, 9.17) is 15.2 Å². The minimum atomic E-state index is -0.319. The van der Waals surface area contributed by atoms with Crippen molar-refractivity contribution >= 4 is 17.3 Å². The van der Waals surface area contributed by atoms with Gasteiger partial charge >= 0.3 is 0 Å². The molecule has 1 heterocycles. The van der Waals surface area contributed by atoms with Crippen LogP contribution in [0.15, 0.2) is 36.7 Å². The fourth-order valence-electron chi connectivity index (χ4n) is 1.69. The van der Waals surface area contributed by atoms with Crippen LogP contribution in [0.3, 0.4) is 0 Å². The normalized spacial score (nSPS) is 9.90. The van der Waals surface area contributed by atoms with Gasteiger partial charge in [-0.2, -0.15) is 0 Å². The number of carbonyl (C=O) groups excluding carboxylic acids is 1. The molecule has 1 aromatic heterocycles. The molecule has 0 unspecified atom stereocenters. The Labute approximate surface area is 116 Å². The molecule has 1 aromatic carbocycles. The zero-order valence-electron chi connectivity index (χ0n) is 11.2. The standard InChI is InChI=1S/C14H15N3O3/c1-19-10-5-9(6-11(7-10)20-2)17-14(18)12-3-4-16-8-13(12)15/h3-8H,15H2,1-2H3,(H,17,18). The van der Waals surface area contributed by atoms with Crippen molar-refractivity contribution in [2.75, 3.05) is 25.3 Å². The lowest BCUT2D eigenvalue weighted by Gasteiger charge is -2.10. The van der Waals surface area contributed by atoms with Crippen LogP contribution in [0.5, 0.6) is 11.5 Å². The number of aromatic nitrogens is 1. The van der Waals surface area contributed by atoms with Gasteiger partial charge < -0.3 is 20.5 Å². The third-order valence-electron chi connectivity index (χ3n) is 2.71. The van der Waals surface area contributed by atoms with E-state index in [1.165, 1.54) is 12.4 Å². The first-order valence-electron chi connectivity index (χ1n) is 5.88. The average Bonchev–Trinajstić information content (AvgIpc) is 2.47. The molecule has 6 heteroatoms. The molecule has 104 valence electrons. The maximum atomic E-state index is 12.1. The van der Waals surface area contributed by atoms with Gasteiger partial charge in [0.1, 0.15) is 11.5 Å². The van der Waals surface area contributed by atoms with E-state index in [-0.39, 0.29) is 5.91 Å².